The molecule has 1 aliphatic carbocycles. The Morgan fingerprint density at radius 2 is 0.925 bits per heavy atom. The van der Waals surface area contributed by atoms with Crippen molar-refractivity contribution in [2.75, 3.05) is 0 Å². The van der Waals surface area contributed by atoms with E-state index in [-0.39, 0.29) is 5.41 Å². The van der Waals surface area contributed by atoms with Crippen LogP contribution < -0.4 is 0 Å². The first kappa shape index (κ1) is 31.1. The molecule has 0 atom stereocenters. The number of rotatable bonds is 5. The number of hydrogen-bond acceptors (Lipinski definition) is 2. The largest absolute Gasteiger partial charge is 0.228 e. The van der Waals surface area contributed by atoms with E-state index < -0.39 is 0 Å². The molecule has 1 aromatic heterocycles. The molecule has 1 heterocycles. The van der Waals surface area contributed by atoms with Crippen LogP contribution in [0.25, 0.3) is 88.8 Å². The summed E-state index contributed by atoms with van der Waals surface area (Å²) in [5.41, 5.74) is 15.1. The molecule has 0 radical (unpaired) electrons. The summed E-state index contributed by atoms with van der Waals surface area (Å²) in [6.07, 6.45) is 0. The van der Waals surface area contributed by atoms with Gasteiger partial charge in [0.1, 0.15) is 0 Å². The van der Waals surface area contributed by atoms with Crippen LogP contribution in [0.15, 0.2) is 182 Å². The van der Waals surface area contributed by atoms with Crippen LogP contribution in [-0.4, -0.2) is 9.97 Å². The quantitative estimate of drug-likeness (QED) is 0.181. The smallest absolute Gasteiger partial charge is 0.160 e. The molecule has 1 aliphatic rings. The number of aromatic nitrogens is 2. The molecule has 0 saturated carbocycles. The molecule has 8 aromatic carbocycles. The van der Waals surface area contributed by atoms with E-state index in [1.807, 2.05) is 12.1 Å². The standard InChI is InChI=1S/C51H36N2/c1-51(2)44-23-13-22-41(49(44)43-30-38-19-9-10-20-39(38)31-45(43)51)42-29-28-33-14-11-12-21-40(33)48(42)36-24-26-37(27-25-36)50-52-46(34-15-5-3-6-16-34)32-47(53-50)35-17-7-4-8-18-35/h3-32H,1-2H3. The van der Waals surface area contributed by atoms with Gasteiger partial charge in [0.15, 0.2) is 5.82 Å². The fraction of sp³-hybridized carbons (Fsp3) is 0.0588. The first-order valence-corrected chi connectivity index (χ1v) is 18.3. The van der Waals surface area contributed by atoms with Crippen molar-refractivity contribution in [2.45, 2.75) is 19.3 Å². The van der Waals surface area contributed by atoms with Gasteiger partial charge in [-0.1, -0.05) is 178 Å². The van der Waals surface area contributed by atoms with Gasteiger partial charge in [0.05, 0.1) is 11.4 Å². The third-order valence-corrected chi connectivity index (χ3v) is 11.1. The molecule has 250 valence electrons. The van der Waals surface area contributed by atoms with Crippen LogP contribution in [-0.2, 0) is 5.41 Å². The fourth-order valence-corrected chi connectivity index (χ4v) is 8.38. The summed E-state index contributed by atoms with van der Waals surface area (Å²) < 4.78 is 0. The van der Waals surface area contributed by atoms with Gasteiger partial charge in [-0.3, -0.25) is 0 Å². The maximum Gasteiger partial charge on any atom is 0.160 e. The van der Waals surface area contributed by atoms with Gasteiger partial charge in [0.25, 0.3) is 0 Å². The van der Waals surface area contributed by atoms with Gasteiger partial charge in [-0.05, 0) is 84.3 Å². The van der Waals surface area contributed by atoms with E-state index in [1.165, 1.54) is 60.5 Å². The summed E-state index contributed by atoms with van der Waals surface area (Å²) in [6, 6.07) is 65.4. The highest BCUT2D eigenvalue weighted by Crippen LogP contribution is 2.54. The maximum absolute atomic E-state index is 5.10. The number of nitrogens with zero attached hydrogens (tertiary/aromatic N) is 2. The van der Waals surface area contributed by atoms with Crippen LogP contribution in [0.3, 0.4) is 0 Å². The van der Waals surface area contributed by atoms with Crippen molar-refractivity contribution in [1.29, 1.82) is 0 Å². The van der Waals surface area contributed by atoms with Gasteiger partial charge < -0.3 is 0 Å². The second-order valence-corrected chi connectivity index (χ2v) is 14.6. The minimum Gasteiger partial charge on any atom is -0.228 e. The topological polar surface area (TPSA) is 25.8 Å². The Morgan fingerprint density at radius 3 is 1.60 bits per heavy atom. The lowest BCUT2D eigenvalue weighted by molar-refractivity contribution is 0.661. The van der Waals surface area contributed by atoms with Crippen LogP contribution in [0.4, 0.5) is 0 Å². The van der Waals surface area contributed by atoms with Crippen LogP contribution in [0.5, 0.6) is 0 Å². The summed E-state index contributed by atoms with van der Waals surface area (Å²) in [5.74, 6) is 0.710. The third-order valence-electron chi connectivity index (χ3n) is 11.1. The SMILES string of the molecule is CC1(C)c2cc3ccccc3cc2-c2c(-c3ccc4ccccc4c3-c3ccc(-c4nc(-c5ccccc5)cc(-c5ccccc5)n4)cc3)cccc21. The Morgan fingerprint density at radius 1 is 0.358 bits per heavy atom. The van der Waals surface area contributed by atoms with Crippen LogP contribution in [0.2, 0.25) is 0 Å². The van der Waals surface area contributed by atoms with E-state index in [1.54, 1.807) is 0 Å². The van der Waals surface area contributed by atoms with E-state index in [0.29, 0.717) is 5.82 Å². The fourth-order valence-electron chi connectivity index (χ4n) is 8.38. The summed E-state index contributed by atoms with van der Waals surface area (Å²) in [7, 11) is 0. The molecule has 0 aliphatic heterocycles. The van der Waals surface area contributed by atoms with Gasteiger partial charge in [-0.15, -0.1) is 0 Å². The summed E-state index contributed by atoms with van der Waals surface area (Å²) in [6.45, 7) is 4.74. The Kier molecular flexibility index (Phi) is 7.19. The van der Waals surface area contributed by atoms with Gasteiger partial charge in [0, 0.05) is 22.1 Å². The highest BCUT2D eigenvalue weighted by atomic mass is 14.9. The average Bonchev–Trinajstić information content (AvgIpc) is 3.45. The van der Waals surface area contributed by atoms with E-state index in [2.05, 4.69) is 184 Å². The average molecular weight is 677 g/mol. The normalized spacial score (nSPS) is 12.9. The van der Waals surface area contributed by atoms with E-state index >= 15 is 0 Å². The van der Waals surface area contributed by atoms with Crippen molar-refractivity contribution in [2.24, 2.45) is 0 Å². The lowest BCUT2D eigenvalue weighted by Gasteiger charge is -2.22. The number of fused-ring (bicyclic) bond motifs is 5. The molecular weight excluding hydrogens is 641 g/mol. The van der Waals surface area contributed by atoms with Crippen molar-refractivity contribution in [1.82, 2.24) is 9.97 Å². The van der Waals surface area contributed by atoms with E-state index in [9.17, 15) is 0 Å². The van der Waals surface area contributed by atoms with Crippen LogP contribution >= 0.6 is 0 Å². The zero-order chi connectivity index (χ0) is 35.5. The predicted octanol–water partition coefficient (Wildman–Crippen LogP) is 13.4. The molecule has 0 spiro atoms. The highest BCUT2D eigenvalue weighted by Gasteiger charge is 2.37. The molecule has 0 bridgehead atoms. The molecule has 0 saturated heterocycles. The molecule has 0 N–H and O–H groups in total. The lowest BCUT2D eigenvalue weighted by atomic mass is 9.81. The summed E-state index contributed by atoms with van der Waals surface area (Å²) in [5, 5.41) is 5.02. The van der Waals surface area contributed by atoms with Crippen molar-refractivity contribution in [3.8, 4) is 67.3 Å². The molecule has 9 aromatic rings. The molecule has 2 heteroatoms. The van der Waals surface area contributed by atoms with Gasteiger partial charge in [0.2, 0.25) is 0 Å². The van der Waals surface area contributed by atoms with Crippen LogP contribution in [0.1, 0.15) is 25.0 Å². The Balaban J connectivity index is 1.15. The molecular formula is C51H36N2. The maximum atomic E-state index is 5.10. The van der Waals surface area contributed by atoms with E-state index in [4.69, 9.17) is 9.97 Å². The Hall–Kier alpha value is -6.64. The number of hydrogen-bond donors (Lipinski definition) is 0. The van der Waals surface area contributed by atoms with Gasteiger partial charge in [-0.25, -0.2) is 9.97 Å². The van der Waals surface area contributed by atoms with Crippen molar-refractivity contribution in [3.05, 3.63) is 193 Å². The van der Waals surface area contributed by atoms with Gasteiger partial charge >= 0.3 is 0 Å². The monoisotopic (exact) mass is 676 g/mol. The molecule has 53 heavy (non-hydrogen) atoms. The van der Waals surface area contributed by atoms with Gasteiger partial charge in [-0.2, -0.15) is 0 Å². The third kappa shape index (κ3) is 5.18. The zero-order valence-corrected chi connectivity index (χ0v) is 29.7. The molecule has 2 nitrogen and oxygen atoms in total. The molecule has 0 fully saturated rings. The molecule has 0 amide bonds. The second-order valence-electron chi connectivity index (χ2n) is 14.6. The van der Waals surface area contributed by atoms with Crippen molar-refractivity contribution >= 4 is 21.5 Å². The first-order chi connectivity index (χ1) is 26.0. The molecule has 0 unspecified atom stereocenters. The number of benzene rings is 8. The first-order valence-electron chi connectivity index (χ1n) is 18.3. The Labute approximate surface area is 310 Å². The minimum absolute atomic E-state index is 0.115. The second kappa shape index (κ2) is 12.3. The lowest BCUT2D eigenvalue weighted by Crippen LogP contribution is -2.14. The van der Waals surface area contributed by atoms with Crippen molar-refractivity contribution < 1.29 is 0 Å². The minimum atomic E-state index is -0.115. The van der Waals surface area contributed by atoms with Crippen molar-refractivity contribution in [3.63, 3.8) is 0 Å². The summed E-state index contributed by atoms with van der Waals surface area (Å²) in [4.78, 5) is 10.2. The predicted molar refractivity (Wildman–Crippen MR) is 222 cm³/mol. The van der Waals surface area contributed by atoms with Crippen LogP contribution in [0, 0.1) is 0 Å². The Bertz CT molecular complexity index is 2780. The zero-order valence-electron chi connectivity index (χ0n) is 29.7. The summed E-state index contributed by atoms with van der Waals surface area (Å²) >= 11 is 0. The highest BCUT2D eigenvalue weighted by molar-refractivity contribution is 6.08. The molecule has 10 rings (SSSR count). The van der Waals surface area contributed by atoms with E-state index in [0.717, 1.165) is 33.6 Å².